The third-order valence-electron chi connectivity index (χ3n) is 2.12. The molecule has 0 saturated heterocycles. The lowest BCUT2D eigenvalue weighted by Crippen LogP contribution is -1.97. The second kappa shape index (κ2) is 7.84. The van der Waals surface area contributed by atoms with Crippen LogP contribution in [-0.2, 0) is 11.3 Å². The molecule has 0 aromatic heterocycles. The summed E-state index contributed by atoms with van der Waals surface area (Å²) in [4.78, 5) is 7.40. The van der Waals surface area contributed by atoms with E-state index in [0.717, 1.165) is 11.3 Å². The fourth-order valence-corrected chi connectivity index (χ4v) is 1.33. The van der Waals surface area contributed by atoms with E-state index in [1.54, 1.807) is 18.4 Å². The van der Waals surface area contributed by atoms with Crippen molar-refractivity contribution >= 4 is 19.1 Å². The highest BCUT2D eigenvalue weighted by Crippen LogP contribution is 2.10. The van der Waals surface area contributed by atoms with Crippen molar-refractivity contribution in [2.24, 2.45) is 9.98 Å². The van der Waals surface area contributed by atoms with Crippen molar-refractivity contribution in [1.29, 1.82) is 0 Å². The van der Waals surface area contributed by atoms with Crippen LogP contribution in [-0.4, -0.2) is 20.0 Å². The third-order valence-corrected chi connectivity index (χ3v) is 2.12. The van der Waals surface area contributed by atoms with Gasteiger partial charge in [-0.15, -0.1) is 0 Å². The van der Waals surface area contributed by atoms with Crippen LogP contribution in [0, 0.1) is 0 Å². The van der Waals surface area contributed by atoms with Crippen LogP contribution in [0.2, 0.25) is 0 Å². The Balaban J connectivity index is 2.61. The van der Waals surface area contributed by atoms with Crippen molar-refractivity contribution in [2.75, 3.05) is 12.3 Å². The van der Waals surface area contributed by atoms with Crippen LogP contribution < -0.4 is 5.73 Å². The quantitative estimate of drug-likeness (QED) is 0.346. The maximum atomic E-state index is 5.69. The molecule has 0 bridgehead atoms. The highest BCUT2D eigenvalue weighted by Gasteiger charge is 1.98. The molecule has 0 atom stereocenters. The fourth-order valence-electron chi connectivity index (χ4n) is 1.33. The molecule has 0 aliphatic rings. The molecule has 1 rings (SSSR count). The van der Waals surface area contributed by atoms with Crippen LogP contribution in [0.4, 0.5) is 5.69 Å². The molecular formula is C14H17N3O. The number of nitrogens with zero attached hydrogens (tertiary/aromatic N) is 2. The van der Waals surface area contributed by atoms with Gasteiger partial charge in [-0.25, -0.2) is 0 Å². The van der Waals surface area contributed by atoms with Crippen molar-refractivity contribution in [3.63, 3.8) is 0 Å². The lowest BCUT2D eigenvalue weighted by atomic mass is 10.2. The Labute approximate surface area is 107 Å². The van der Waals surface area contributed by atoms with E-state index in [0.29, 0.717) is 18.9 Å². The normalized spacial score (nSPS) is 11.4. The van der Waals surface area contributed by atoms with Gasteiger partial charge in [-0.3, -0.25) is 9.98 Å². The fraction of sp³-hybridized carbons (Fsp3) is 0.143. The Morgan fingerprint density at radius 2 is 2.22 bits per heavy atom. The topological polar surface area (TPSA) is 60.0 Å². The molecule has 0 aliphatic carbocycles. The van der Waals surface area contributed by atoms with E-state index in [1.165, 1.54) is 0 Å². The standard InChI is InChI=1S/C14H17N3O/c1-16-8-4-7-14(10-17-2)18-11-12-5-3-6-13(15)9-12/h3-9H,1-2,10-11,15H2/b8-4-,14-7+. The zero-order valence-corrected chi connectivity index (χ0v) is 10.2. The van der Waals surface area contributed by atoms with Crippen molar-refractivity contribution < 1.29 is 4.74 Å². The number of nitrogens with two attached hydrogens (primary N) is 1. The van der Waals surface area contributed by atoms with Crippen molar-refractivity contribution in [3.05, 3.63) is 53.9 Å². The first kappa shape index (κ1) is 13.7. The van der Waals surface area contributed by atoms with Crippen molar-refractivity contribution in [2.45, 2.75) is 6.61 Å². The van der Waals surface area contributed by atoms with Crippen molar-refractivity contribution in [3.8, 4) is 0 Å². The van der Waals surface area contributed by atoms with Crippen LogP contribution in [0.1, 0.15) is 5.56 Å². The lowest BCUT2D eigenvalue weighted by molar-refractivity contribution is 0.196. The molecule has 0 amide bonds. The molecule has 0 unspecified atom stereocenters. The molecule has 4 heteroatoms. The monoisotopic (exact) mass is 243 g/mol. The maximum absolute atomic E-state index is 5.69. The third kappa shape index (κ3) is 5.12. The summed E-state index contributed by atoms with van der Waals surface area (Å²) in [6.07, 6.45) is 5.11. The van der Waals surface area contributed by atoms with Gasteiger partial charge in [0.1, 0.15) is 12.4 Å². The molecule has 0 aliphatic heterocycles. The highest BCUT2D eigenvalue weighted by atomic mass is 16.5. The summed E-state index contributed by atoms with van der Waals surface area (Å²) in [6.45, 7) is 7.66. The minimum absolute atomic E-state index is 0.420. The van der Waals surface area contributed by atoms with Gasteiger partial charge in [0.25, 0.3) is 0 Å². The molecule has 1 aromatic rings. The highest BCUT2D eigenvalue weighted by molar-refractivity contribution is 5.40. The SMILES string of the molecule is C=N/C=C\C=C(/CN=C)OCc1cccc(N)c1. The van der Waals surface area contributed by atoms with Crippen LogP contribution >= 0.6 is 0 Å². The van der Waals surface area contributed by atoms with E-state index in [-0.39, 0.29) is 0 Å². The molecular weight excluding hydrogens is 226 g/mol. The van der Waals surface area contributed by atoms with Crippen LogP contribution in [0.25, 0.3) is 0 Å². The Morgan fingerprint density at radius 3 is 2.89 bits per heavy atom. The first-order valence-corrected chi connectivity index (χ1v) is 5.47. The number of nitrogen functional groups attached to an aromatic ring is 1. The molecule has 0 radical (unpaired) electrons. The summed E-state index contributed by atoms with van der Waals surface area (Å²) in [5.41, 5.74) is 7.42. The average Bonchev–Trinajstić information content (AvgIpc) is 2.36. The summed E-state index contributed by atoms with van der Waals surface area (Å²) in [6, 6.07) is 7.56. The number of benzene rings is 1. The van der Waals surface area contributed by atoms with Crippen LogP contribution in [0.15, 0.2) is 58.4 Å². The summed E-state index contributed by atoms with van der Waals surface area (Å²) < 4.78 is 5.63. The Hall–Kier alpha value is -2.36. The molecule has 0 saturated carbocycles. The Bertz CT molecular complexity index is 464. The van der Waals surface area contributed by atoms with E-state index in [1.807, 2.05) is 24.3 Å². The molecule has 0 heterocycles. The van der Waals surface area contributed by atoms with E-state index in [9.17, 15) is 0 Å². The molecule has 2 N–H and O–H groups in total. The van der Waals surface area contributed by atoms with Gasteiger partial charge in [-0.05, 0) is 43.3 Å². The van der Waals surface area contributed by atoms with Gasteiger partial charge in [-0.2, -0.15) is 0 Å². The van der Waals surface area contributed by atoms with Crippen molar-refractivity contribution in [1.82, 2.24) is 0 Å². The van der Waals surface area contributed by atoms with Gasteiger partial charge in [0.15, 0.2) is 0 Å². The number of aliphatic imine (C=N–C) groups is 2. The first-order chi connectivity index (χ1) is 8.76. The smallest absolute Gasteiger partial charge is 0.118 e. The predicted octanol–water partition coefficient (Wildman–Crippen LogP) is 2.58. The molecule has 4 nitrogen and oxygen atoms in total. The average molecular weight is 243 g/mol. The number of anilines is 1. The van der Waals surface area contributed by atoms with E-state index in [2.05, 4.69) is 23.4 Å². The van der Waals surface area contributed by atoms with Crippen LogP contribution in [0.3, 0.4) is 0 Å². The number of rotatable bonds is 7. The maximum Gasteiger partial charge on any atom is 0.118 e. The zero-order chi connectivity index (χ0) is 13.2. The van der Waals surface area contributed by atoms with Gasteiger partial charge in [0.2, 0.25) is 0 Å². The first-order valence-electron chi connectivity index (χ1n) is 5.47. The molecule has 1 aromatic carbocycles. The van der Waals surface area contributed by atoms with E-state index in [4.69, 9.17) is 10.5 Å². The summed E-state index contributed by atoms with van der Waals surface area (Å²) in [5, 5.41) is 0. The second-order valence-electron chi connectivity index (χ2n) is 3.57. The van der Waals surface area contributed by atoms with Gasteiger partial charge in [0, 0.05) is 11.9 Å². The number of hydrogen-bond acceptors (Lipinski definition) is 4. The lowest BCUT2D eigenvalue weighted by Gasteiger charge is -2.08. The Kier molecular flexibility index (Phi) is 5.97. The van der Waals surface area contributed by atoms with Gasteiger partial charge < -0.3 is 10.5 Å². The van der Waals surface area contributed by atoms with Gasteiger partial charge >= 0.3 is 0 Å². The number of ether oxygens (including phenoxy) is 1. The number of hydrogen-bond donors (Lipinski definition) is 1. The minimum Gasteiger partial charge on any atom is -0.491 e. The zero-order valence-electron chi connectivity index (χ0n) is 10.2. The van der Waals surface area contributed by atoms with E-state index >= 15 is 0 Å². The molecule has 18 heavy (non-hydrogen) atoms. The Morgan fingerprint density at radius 1 is 1.39 bits per heavy atom. The summed E-state index contributed by atoms with van der Waals surface area (Å²) >= 11 is 0. The summed E-state index contributed by atoms with van der Waals surface area (Å²) in [5.74, 6) is 0.715. The minimum atomic E-state index is 0.420. The molecule has 0 spiro atoms. The molecule has 0 fully saturated rings. The van der Waals surface area contributed by atoms with Crippen LogP contribution in [0.5, 0.6) is 0 Å². The van der Waals surface area contributed by atoms with Gasteiger partial charge in [0.05, 0.1) is 6.54 Å². The predicted molar refractivity (Wildman–Crippen MR) is 76.8 cm³/mol. The second-order valence-corrected chi connectivity index (χ2v) is 3.57. The van der Waals surface area contributed by atoms with E-state index < -0.39 is 0 Å². The largest absolute Gasteiger partial charge is 0.491 e. The molecule has 94 valence electrons. The number of allylic oxidation sites excluding steroid dienone is 2. The van der Waals surface area contributed by atoms with Gasteiger partial charge in [-0.1, -0.05) is 12.1 Å². The summed E-state index contributed by atoms with van der Waals surface area (Å²) in [7, 11) is 0.